The van der Waals surface area contributed by atoms with E-state index < -0.39 is 6.29 Å². The topological polar surface area (TPSA) is 46.2 Å². The van der Waals surface area contributed by atoms with Crippen molar-refractivity contribution in [1.82, 2.24) is 0 Å². The number of methoxy groups -OCH3 is 4. The predicted molar refractivity (Wildman–Crippen MR) is 49.1 cm³/mol. The second-order valence-corrected chi connectivity index (χ2v) is 3.11. The molecule has 0 aliphatic carbocycles. The predicted octanol–water partition coefficient (Wildman–Crippen LogP) is 0.0341. The van der Waals surface area contributed by atoms with Crippen molar-refractivity contribution in [2.24, 2.45) is 0 Å². The molecule has 4 atom stereocenters. The molecular formula is C9H18O5. The number of hydrogen-bond acceptors (Lipinski definition) is 5. The second-order valence-electron chi connectivity index (χ2n) is 3.11. The Labute approximate surface area is 84.2 Å². The van der Waals surface area contributed by atoms with Crippen LogP contribution in [0.2, 0.25) is 0 Å². The smallest absolute Gasteiger partial charge is 0.186 e. The lowest BCUT2D eigenvalue weighted by atomic mass is 10.0. The van der Waals surface area contributed by atoms with Gasteiger partial charge >= 0.3 is 0 Å². The zero-order chi connectivity index (χ0) is 10.6. The molecule has 0 radical (unpaired) electrons. The first-order chi connectivity index (χ1) is 6.78. The van der Waals surface area contributed by atoms with E-state index in [1.54, 1.807) is 28.4 Å². The summed E-state index contributed by atoms with van der Waals surface area (Å²) in [5, 5.41) is 0. The molecule has 0 bridgehead atoms. The van der Waals surface area contributed by atoms with E-state index in [0.717, 1.165) is 0 Å². The summed E-state index contributed by atoms with van der Waals surface area (Å²) in [4.78, 5) is 0. The number of rotatable bonds is 4. The molecule has 0 N–H and O–H groups in total. The lowest BCUT2D eigenvalue weighted by Gasteiger charge is -2.39. The van der Waals surface area contributed by atoms with Gasteiger partial charge in [0.05, 0.1) is 6.61 Å². The molecule has 5 heteroatoms. The van der Waals surface area contributed by atoms with E-state index in [1.807, 2.05) is 0 Å². The quantitative estimate of drug-likeness (QED) is 0.649. The molecule has 0 unspecified atom stereocenters. The molecule has 1 aliphatic heterocycles. The van der Waals surface area contributed by atoms with Crippen molar-refractivity contribution < 1.29 is 23.7 Å². The third-order valence-electron chi connectivity index (χ3n) is 2.46. The molecule has 0 amide bonds. The Morgan fingerprint density at radius 1 is 0.857 bits per heavy atom. The minimum atomic E-state index is -0.392. The largest absolute Gasteiger partial charge is 0.376 e. The standard InChI is InChI=1S/C9H18O5/c1-10-6-5-14-9(13-4)8(12-3)7(6)11-2/h6-9H,5H2,1-4H3/t6-,7-,8-,9-/m1/s1. The van der Waals surface area contributed by atoms with Gasteiger partial charge in [-0.2, -0.15) is 0 Å². The van der Waals surface area contributed by atoms with E-state index in [4.69, 9.17) is 23.7 Å². The fraction of sp³-hybridized carbons (Fsp3) is 1.00. The van der Waals surface area contributed by atoms with Crippen LogP contribution in [0.4, 0.5) is 0 Å². The number of hydrogen-bond donors (Lipinski definition) is 0. The molecular weight excluding hydrogens is 188 g/mol. The van der Waals surface area contributed by atoms with Crippen molar-refractivity contribution in [3.05, 3.63) is 0 Å². The maximum atomic E-state index is 5.41. The highest BCUT2D eigenvalue weighted by Crippen LogP contribution is 2.22. The van der Waals surface area contributed by atoms with Crippen LogP contribution >= 0.6 is 0 Å². The van der Waals surface area contributed by atoms with Crippen LogP contribution < -0.4 is 0 Å². The van der Waals surface area contributed by atoms with Gasteiger partial charge in [-0.1, -0.05) is 0 Å². The molecule has 0 saturated carbocycles. The molecule has 0 aromatic carbocycles. The summed E-state index contributed by atoms with van der Waals surface area (Å²) in [6.45, 7) is 0.452. The number of ether oxygens (including phenoxy) is 5. The molecule has 1 heterocycles. The Bertz CT molecular complexity index is 145. The lowest BCUT2D eigenvalue weighted by Crippen LogP contribution is -2.55. The van der Waals surface area contributed by atoms with Gasteiger partial charge in [0, 0.05) is 28.4 Å². The average molecular weight is 206 g/mol. The Hall–Kier alpha value is -0.200. The molecule has 1 rings (SSSR count). The van der Waals surface area contributed by atoms with Crippen molar-refractivity contribution in [3.8, 4) is 0 Å². The van der Waals surface area contributed by atoms with Crippen LogP contribution in [0.15, 0.2) is 0 Å². The fourth-order valence-corrected chi connectivity index (χ4v) is 1.68. The summed E-state index contributed by atoms with van der Waals surface area (Å²) in [6, 6.07) is 0. The molecule has 0 aromatic heterocycles. The van der Waals surface area contributed by atoms with Crippen molar-refractivity contribution in [2.45, 2.75) is 24.6 Å². The maximum Gasteiger partial charge on any atom is 0.186 e. The maximum absolute atomic E-state index is 5.41. The van der Waals surface area contributed by atoms with Crippen LogP contribution in [0.25, 0.3) is 0 Å². The zero-order valence-corrected chi connectivity index (χ0v) is 9.06. The SMILES string of the molecule is CO[C@@H]1OC[C@@H](OC)[C@@H](OC)[C@H]1OC. The molecule has 0 aromatic rings. The van der Waals surface area contributed by atoms with Gasteiger partial charge in [-0.15, -0.1) is 0 Å². The summed E-state index contributed by atoms with van der Waals surface area (Å²) >= 11 is 0. The second kappa shape index (κ2) is 5.63. The minimum absolute atomic E-state index is 0.114. The van der Waals surface area contributed by atoms with Crippen molar-refractivity contribution in [3.63, 3.8) is 0 Å². The summed E-state index contributed by atoms with van der Waals surface area (Å²) in [6.07, 6.45) is -0.930. The first-order valence-corrected chi connectivity index (χ1v) is 4.51. The molecule has 0 spiro atoms. The van der Waals surface area contributed by atoms with Gasteiger partial charge in [-0.3, -0.25) is 0 Å². The molecule has 1 aliphatic rings. The van der Waals surface area contributed by atoms with Crippen molar-refractivity contribution >= 4 is 0 Å². The van der Waals surface area contributed by atoms with Gasteiger partial charge < -0.3 is 23.7 Å². The summed E-state index contributed by atoms with van der Waals surface area (Å²) in [5.41, 5.74) is 0. The minimum Gasteiger partial charge on any atom is -0.376 e. The van der Waals surface area contributed by atoms with Crippen LogP contribution in [0, 0.1) is 0 Å². The Morgan fingerprint density at radius 3 is 1.93 bits per heavy atom. The monoisotopic (exact) mass is 206 g/mol. The first-order valence-electron chi connectivity index (χ1n) is 4.51. The van der Waals surface area contributed by atoms with Gasteiger partial charge in [0.1, 0.15) is 18.3 Å². The molecule has 5 nitrogen and oxygen atoms in total. The van der Waals surface area contributed by atoms with Crippen molar-refractivity contribution in [2.75, 3.05) is 35.0 Å². The van der Waals surface area contributed by atoms with Crippen LogP contribution in [0.3, 0.4) is 0 Å². The highest BCUT2D eigenvalue weighted by atomic mass is 16.7. The Kier molecular flexibility index (Phi) is 4.77. The van der Waals surface area contributed by atoms with E-state index in [2.05, 4.69) is 0 Å². The normalized spacial score (nSPS) is 38.6. The van der Waals surface area contributed by atoms with Crippen LogP contribution in [0.1, 0.15) is 0 Å². The van der Waals surface area contributed by atoms with E-state index in [9.17, 15) is 0 Å². The van der Waals surface area contributed by atoms with Gasteiger partial charge in [-0.25, -0.2) is 0 Å². The van der Waals surface area contributed by atoms with E-state index >= 15 is 0 Å². The third kappa shape index (κ3) is 2.24. The highest BCUT2D eigenvalue weighted by molar-refractivity contribution is 4.85. The van der Waals surface area contributed by atoms with Gasteiger partial charge in [-0.05, 0) is 0 Å². The lowest BCUT2D eigenvalue weighted by molar-refractivity contribution is -0.276. The Balaban J connectivity index is 2.67. The zero-order valence-electron chi connectivity index (χ0n) is 9.06. The first kappa shape index (κ1) is 11.9. The summed E-state index contributed by atoms with van der Waals surface area (Å²) in [7, 11) is 6.43. The summed E-state index contributed by atoms with van der Waals surface area (Å²) < 4.78 is 26.4. The van der Waals surface area contributed by atoms with Crippen LogP contribution in [-0.4, -0.2) is 59.6 Å². The van der Waals surface area contributed by atoms with Crippen LogP contribution in [-0.2, 0) is 23.7 Å². The fourth-order valence-electron chi connectivity index (χ4n) is 1.68. The van der Waals surface area contributed by atoms with Gasteiger partial charge in [0.15, 0.2) is 6.29 Å². The van der Waals surface area contributed by atoms with Crippen LogP contribution in [0.5, 0.6) is 0 Å². The molecule has 14 heavy (non-hydrogen) atoms. The third-order valence-corrected chi connectivity index (χ3v) is 2.46. The Morgan fingerprint density at radius 2 is 1.50 bits per heavy atom. The van der Waals surface area contributed by atoms with E-state index in [1.165, 1.54) is 0 Å². The van der Waals surface area contributed by atoms with Gasteiger partial charge in [0.2, 0.25) is 0 Å². The van der Waals surface area contributed by atoms with E-state index in [-0.39, 0.29) is 18.3 Å². The van der Waals surface area contributed by atoms with Crippen molar-refractivity contribution in [1.29, 1.82) is 0 Å². The molecule has 1 fully saturated rings. The average Bonchev–Trinajstić information content (AvgIpc) is 2.26. The van der Waals surface area contributed by atoms with E-state index in [0.29, 0.717) is 6.61 Å². The molecule has 1 saturated heterocycles. The summed E-state index contributed by atoms with van der Waals surface area (Å²) in [5.74, 6) is 0. The van der Waals surface area contributed by atoms with Gasteiger partial charge in [0.25, 0.3) is 0 Å². The molecule has 84 valence electrons. The highest BCUT2D eigenvalue weighted by Gasteiger charge is 2.41.